The van der Waals surface area contributed by atoms with Gasteiger partial charge in [-0.2, -0.15) is 0 Å². The Morgan fingerprint density at radius 3 is 2.80 bits per heavy atom. The van der Waals surface area contributed by atoms with E-state index in [0.717, 1.165) is 38.8 Å². The van der Waals surface area contributed by atoms with Crippen molar-refractivity contribution >= 4 is 11.6 Å². The number of carbonyl (C=O) groups excluding carboxylic acids is 1. The molecule has 4 nitrogen and oxygen atoms in total. The van der Waals surface area contributed by atoms with Crippen molar-refractivity contribution < 1.29 is 9.18 Å². The zero-order valence-electron chi connectivity index (χ0n) is 11.9. The molecule has 20 heavy (non-hydrogen) atoms. The van der Waals surface area contributed by atoms with Gasteiger partial charge in [-0.3, -0.25) is 20.5 Å². The first-order valence-corrected chi connectivity index (χ1v) is 7.26. The van der Waals surface area contributed by atoms with Gasteiger partial charge in [-0.15, -0.1) is 0 Å². The molecule has 1 aliphatic heterocycles. The van der Waals surface area contributed by atoms with Gasteiger partial charge in [-0.25, -0.2) is 4.39 Å². The molecular formula is C15H22FN3O. The minimum absolute atomic E-state index is 0.0116. The van der Waals surface area contributed by atoms with Crippen molar-refractivity contribution in [2.24, 2.45) is 0 Å². The molecule has 0 aromatic heterocycles. The van der Waals surface area contributed by atoms with E-state index in [4.69, 9.17) is 0 Å². The fraction of sp³-hybridized carbons (Fsp3) is 0.533. The molecule has 5 heteroatoms. The van der Waals surface area contributed by atoms with Gasteiger partial charge in [-0.1, -0.05) is 13.3 Å². The molecule has 1 saturated heterocycles. The van der Waals surface area contributed by atoms with Crippen molar-refractivity contribution in [3.05, 3.63) is 30.1 Å². The average Bonchev–Trinajstić information content (AvgIpc) is 2.47. The number of nitrogens with zero attached hydrogens (tertiary/aromatic N) is 1. The first-order valence-electron chi connectivity index (χ1n) is 7.26. The number of rotatable bonds is 5. The van der Waals surface area contributed by atoms with Gasteiger partial charge in [0.1, 0.15) is 5.82 Å². The highest BCUT2D eigenvalue weighted by Crippen LogP contribution is 2.17. The molecule has 2 N–H and O–H groups in total. The van der Waals surface area contributed by atoms with Crippen LogP contribution in [-0.2, 0) is 4.79 Å². The Labute approximate surface area is 119 Å². The second-order valence-electron chi connectivity index (χ2n) is 5.17. The Morgan fingerprint density at radius 1 is 1.35 bits per heavy atom. The highest BCUT2D eigenvalue weighted by atomic mass is 19.1. The summed E-state index contributed by atoms with van der Waals surface area (Å²) in [4.78, 5) is 14.5. The van der Waals surface area contributed by atoms with Crippen LogP contribution in [0.3, 0.4) is 0 Å². The fourth-order valence-electron chi connectivity index (χ4n) is 2.59. The number of amides is 1. The van der Waals surface area contributed by atoms with Crippen LogP contribution < -0.4 is 10.9 Å². The van der Waals surface area contributed by atoms with Crippen LogP contribution in [0.5, 0.6) is 0 Å². The number of halogens is 1. The van der Waals surface area contributed by atoms with E-state index in [1.807, 2.05) is 0 Å². The molecule has 0 bridgehead atoms. The number of nitrogens with one attached hydrogen (secondary N) is 2. The molecule has 1 aromatic rings. The summed E-state index contributed by atoms with van der Waals surface area (Å²) < 4.78 is 12.8. The zero-order valence-corrected chi connectivity index (χ0v) is 11.9. The van der Waals surface area contributed by atoms with E-state index >= 15 is 0 Å². The molecular weight excluding hydrogens is 257 g/mol. The molecule has 1 heterocycles. The lowest BCUT2D eigenvalue weighted by atomic mass is 10.0. The van der Waals surface area contributed by atoms with Crippen molar-refractivity contribution in [1.29, 1.82) is 0 Å². The summed E-state index contributed by atoms with van der Waals surface area (Å²) in [5.41, 5.74) is 6.24. The van der Waals surface area contributed by atoms with E-state index in [1.54, 1.807) is 12.1 Å². The molecule has 0 radical (unpaired) electrons. The number of anilines is 1. The summed E-state index contributed by atoms with van der Waals surface area (Å²) in [7, 11) is 0. The Bertz CT molecular complexity index is 433. The smallest absolute Gasteiger partial charge is 0.255 e. The predicted octanol–water partition coefficient (Wildman–Crippen LogP) is 2.53. The number of carbonyl (C=O) groups is 1. The second-order valence-corrected chi connectivity index (χ2v) is 5.17. The van der Waals surface area contributed by atoms with Gasteiger partial charge < -0.3 is 0 Å². The van der Waals surface area contributed by atoms with Crippen LogP contribution in [0.1, 0.15) is 32.6 Å². The van der Waals surface area contributed by atoms with Crippen LogP contribution in [0, 0.1) is 5.82 Å². The standard InChI is InChI=1S/C15H22FN3O/c1-2-10-19-11-4-3-5-14(19)15(20)18-17-13-8-6-12(16)7-9-13/h6-9,14,17H,2-5,10-11H2,1H3,(H,18,20). The summed E-state index contributed by atoms with van der Waals surface area (Å²) in [5, 5.41) is 0. The molecule has 1 atom stereocenters. The third kappa shape index (κ3) is 3.93. The van der Waals surface area contributed by atoms with Crippen molar-refractivity contribution in [3.63, 3.8) is 0 Å². The molecule has 1 aromatic carbocycles. The Balaban J connectivity index is 1.88. The van der Waals surface area contributed by atoms with Gasteiger partial charge in [0.05, 0.1) is 11.7 Å². The van der Waals surface area contributed by atoms with E-state index < -0.39 is 0 Å². The first kappa shape index (κ1) is 14.8. The fourth-order valence-corrected chi connectivity index (χ4v) is 2.59. The predicted molar refractivity (Wildman–Crippen MR) is 77.7 cm³/mol. The van der Waals surface area contributed by atoms with Crippen molar-refractivity contribution in [3.8, 4) is 0 Å². The molecule has 1 unspecified atom stereocenters. The van der Waals surface area contributed by atoms with Crippen LogP contribution in [0.25, 0.3) is 0 Å². The molecule has 0 saturated carbocycles. The molecule has 0 aliphatic carbocycles. The molecule has 2 rings (SSSR count). The maximum Gasteiger partial charge on any atom is 0.255 e. The van der Waals surface area contributed by atoms with E-state index in [-0.39, 0.29) is 17.8 Å². The molecule has 0 spiro atoms. The monoisotopic (exact) mass is 279 g/mol. The summed E-state index contributed by atoms with van der Waals surface area (Å²) in [6.45, 7) is 4.07. The highest BCUT2D eigenvalue weighted by molar-refractivity contribution is 5.83. The highest BCUT2D eigenvalue weighted by Gasteiger charge is 2.27. The molecule has 110 valence electrons. The molecule has 1 amide bonds. The van der Waals surface area contributed by atoms with Gasteiger partial charge >= 0.3 is 0 Å². The average molecular weight is 279 g/mol. The number of likely N-dealkylation sites (tertiary alicyclic amines) is 1. The van der Waals surface area contributed by atoms with Crippen molar-refractivity contribution in [1.82, 2.24) is 10.3 Å². The van der Waals surface area contributed by atoms with Gasteiger partial charge in [0.15, 0.2) is 0 Å². The Kier molecular flexibility index (Phi) is 5.35. The van der Waals surface area contributed by atoms with Gasteiger partial charge in [-0.05, 0) is 56.6 Å². The third-order valence-corrected chi connectivity index (χ3v) is 3.60. The summed E-state index contributed by atoms with van der Waals surface area (Å²) in [5.74, 6) is -0.300. The number of hydrogen-bond donors (Lipinski definition) is 2. The van der Waals surface area contributed by atoms with Gasteiger partial charge in [0, 0.05) is 0 Å². The number of hydrogen-bond acceptors (Lipinski definition) is 3. The summed E-state index contributed by atoms with van der Waals surface area (Å²) in [6, 6.07) is 5.86. The largest absolute Gasteiger partial charge is 0.299 e. The summed E-state index contributed by atoms with van der Waals surface area (Å²) >= 11 is 0. The topological polar surface area (TPSA) is 44.4 Å². The number of hydrazine groups is 1. The van der Waals surface area contributed by atoms with Crippen LogP contribution >= 0.6 is 0 Å². The zero-order chi connectivity index (χ0) is 14.4. The van der Waals surface area contributed by atoms with Gasteiger partial charge in [0.25, 0.3) is 5.91 Å². The minimum Gasteiger partial charge on any atom is -0.299 e. The lowest BCUT2D eigenvalue weighted by Crippen LogP contribution is -2.50. The van der Waals surface area contributed by atoms with E-state index in [9.17, 15) is 9.18 Å². The molecule has 1 aliphatic rings. The van der Waals surface area contributed by atoms with Crippen molar-refractivity contribution in [2.45, 2.75) is 38.6 Å². The number of benzene rings is 1. The van der Waals surface area contributed by atoms with Gasteiger partial charge in [0.2, 0.25) is 0 Å². The van der Waals surface area contributed by atoms with Crippen LogP contribution in [0.15, 0.2) is 24.3 Å². The van der Waals surface area contributed by atoms with E-state index in [0.29, 0.717) is 5.69 Å². The maximum absolute atomic E-state index is 12.8. The SMILES string of the molecule is CCCN1CCCCC1C(=O)NNc1ccc(F)cc1. The van der Waals surface area contributed by atoms with Crippen LogP contribution in [0.2, 0.25) is 0 Å². The third-order valence-electron chi connectivity index (χ3n) is 3.60. The quantitative estimate of drug-likeness (QED) is 0.814. The Hall–Kier alpha value is -1.62. The second kappa shape index (κ2) is 7.24. The normalized spacial score (nSPS) is 19.6. The van der Waals surface area contributed by atoms with E-state index in [2.05, 4.69) is 22.7 Å². The first-order chi connectivity index (χ1) is 9.70. The number of piperidine rings is 1. The maximum atomic E-state index is 12.8. The lowest BCUT2D eigenvalue weighted by Gasteiger charge is -2.34. The Morgan fingerprint density at radius 2 is 2.10 bits per heavy atom. The van der Waals surface area contributed by atoms with Crippen molar-refractivity contribution in [2.75, 3.05) is 18.5 Å². The minimum atomic E-state index is -0.289. The van der Waals surface area contributed by atoms with Crippen LogP contribution in [0.4, 0.5) is 10.1 Å². The molecule has 1 fully saturated rings. The van der Waals surface area contributed by atoms with E-state index in [1.165, 1.54) is 12.1 Å². The summed E-state index contributed by atoms with van der Waals surface area (Å²) in [6.07, 6.45) is 4.20. The van der Waals surface area contributed by atoms with Crippen LogP contribution in [-0.4, -0.2) is 29.9 Å². The lowest BCUT2D eigenvalue weighted by molar-refractivity contribution is -0.127.